The van der Waals surface area contributed by atoms with Gasteiger partial charge in [0.25, 0.3) is 0 Å². The molecule has 0 aliphatic heterocycles. The zero-order valence-electron chi connectivity index (χ0n) is 3.31. The van der Waals surface area contributed by atoms with Crippen LogP contribution in [-0.4, -0.2) is 25.1 Å². The SMILES string of the molecule is CC=C[CH2][PoH]. The van der Waals surface area contributed by atoms with Crippen molar-refractivity contribution in [3.05, 3.63) is 12.2 Å². The maximum atomic E-state index is 2.17. The Hall–Kier alpha value is 0.636. The molecule has 0 radical (unpaired) electrons. The van der Waals surface area contributed by atoms with Crippen molar-refractivity contribution in [2.45, 2.75) is 11.0 Å². The quantitative estimate of drug-likeness (QED) is 0.617. The van der Waals surface area contributed by atoms with E-state index in [2.05, 4.69) is 12.2 Å². The van der Waals surface area contributed by atoms with Gasteiger partial charge >= 0.3 is 48.2 Å². The van der Waals surface area contributed by atoms with Crippen LogP contribution in [0, 0.1) is 0 Å². The number of hydrogen-bond donors (Lipinski definition) is 0. The molecule has 0 saturated carbocycles. The van der Waals surface area contributed by atoms with Crippen molar-refractivity contribution in [2.24, 2.45) is 0 Å². The monoisotopic (exact) mass is 265 g/mol. The molecule has 30 valence electrons. The average molecular weight is 265 g/mol. The molecule has 0 spiro atoms. The summed E-state index contributed by atoms with van der Waals surface area (Å²) in [5.74, 6) is 0. The van der Waals surface area contributed by atoms with Gasteiger partial charge in [0.1, 0.15) is 0 Å². The molecule has 1 heteroatoms. The van der Waals surface area contributed by atoms with E-state index in [-0.39, 0.29) is 0 Å². The zero-order valence-corrected chi connectivity index (χ0v) is 6.79. The van der Waals surface area contributed by atoms with Crippen LogP contribution in [0.1, 0.15) is 6.92 Å². The van der Waals surface area contributed by atoms with Crippen molar-refractivity contribution in [2.75, 3.05) is 0 Å². The Morgan fingerprint density at radius 1 is 1.80 bits per heavy atom. The third-order valence-corrected chi connectivity index (χ3v) is 1.16. The maximum absolute atomic E-state index is 2.17. The Morgan fingerprint density at radius 3 is 2.40 bits per heavy atom. The molecule has 0 aliphatic carbocycles. The van der Waals surface area contributed by atoms with Gasteiger partial charge in [0.05, 0.1) is 0 Å². The van der Waals surface area contributed by atoms with Gasteiger partial charge in [0.2, 0.25) is 0 Å². The van der Waals surface area contributed by atoms with Crippen LogP contribution in [0.15, 0.2) is 12.2 Å². The van der Waals surface area contributed by atoms with Gasteiger partial charge in [-0.2, -0.15) is 0 Å². The van der Waals surface area contributed by atoms with Gasteiger partial charge < -0.3 is 0 Å². The van der Waals surface area contributed by atoms with Gasteiger partial charge in [-0.05, 0) is 0 Å². The zero-order chi connectivity index (χ0) is 4.12. The minimum atomic E-state index is 1.27. The summed E-state index contributed by atoms with van der Waals surface area (Å²) in [5, 5.41) is 0. The fourth-order valence-corrected chi connectivity index (χ4v) is 0.925. The Kier molecular flexibility index (Phi) is 5.23. The van der Waals surface area contributed by atoms with Crippen molar-refractivity contribution in [3.8, 4) is 0 Å². The second-order valence-electron chi connectivity index (χ2n) is 0.752. The van der Waals surface area contributed by atoms with E-state index in [1.54, 1.807) is 0 Å². The molecule has 0 aromatic carbocycles. The number of allylic oxidation sites excluding steroid dienone is 2. The molecule has 0 aliphatic rings. The van der Waals surface area contributed by atoms with Crippen molar-refractivity contribution in [3.63, 3.8) is 0 Å². The predicted octanol–water partition coefficient (Wildman–Crippen LogP) is 0.882. The van der Waals surface area contributed by atoms with Gasteiger partial charge in [-0.25, -0.2) is 0 Å². The molecule has 0 atom stereocenters. The standard InChI is InChI=1S/C4H7.Po.H/c1-3-4-2;;/h3-4H,1H2,2H3;;. The molecule has 0 unspecified atom stereocenters. The molecule has 0 aromatic heterocycles. The van der Waals surface area contributed by atoms with Gasteiger partial charge in [0, 0.05) is 0 Å². The van der Waals surface area contributed by atoms with E-state index < -0.39 is 0 Å². The molecule has 0 rings (SSSR count). The van der Waals surface area contributed by atoms with Gasteiger partial charge in [-0.1, -0.05) is 0 Å². The topological polar surface area (TPSA) is 0 Å². The summed E-state index contributed by atoms with van der Waals surface area (Å²) >= 11 is 1.47. The van der Waals surface area contributed by atoms with Crippen LogP contribution < -0.4 is 0 Å². The van der Waals surface area contributed by atoms with Crippen LogP contribution in [0.2, 0.25) is 4.08 Å². The third kappa shape index (κ3) is 4.64. The Bertz CT molecular complexity index is 30.6. The summed E-state index contributed by atoms with van der Waals surface area (Å²) in [6, 6.07) is 0. The molecule has 0 N–H and O–H groups in total. The van der Waals surface area contributed by atoms with Gasteiger partial charge in [-0.3, -0.25) is 0 Å². The average Bonchev–Trinajstić information content (AvgIpc) is 1.41. The first-order valence-electron chi connectivity index (χ1n) is 1.64. The van der Waals surface area contributed by atoms with Crippen molar-refractivity contribution < 1.29 is 0 Å². The van der Waals surface area contributed by atoms with Crippen molar-refractivity contribution in [1.29, 1.82) is 0 Å². The number of hydrogen-bond acceptors (Lipinski definition) is 0. The molecule has 5 heavy (non-hydrogen) atoms. The first kappa shape index (κ1) is 5.64. The molecular formula is C4H8Po. The molecule has 0 amide bonds. The molecule has 0 bridgehead atoms. The van der Waals surface area contributed by atoms with E-state index in [0.717, 1.165) is 0 Å². The number of rotatable bonds is 1. The first-order chi connectivity index (χ1) is 2.41. The van der Waals surface area contributed by atoms with E-state index in [1.807, 2.05) is 6.92 Å². The summed E-state index contributed by atoms with van der Waals surface area (Å²) < 4.78 is 1.27. The second-order valence-corrected chi connectivity index (χ2v) is 2.17. The third-order valence-electron chi connectivity index (χ3n) is 0.341. The van der Waals surface area contributed by atoms with E-state index in [4.69, 9.17) is 0 Å². The van der Waals surface area contributed by atoms with Crippen LogP contribution in [0.25, 0.3) is 0 Å². The Labute approximate surface area is 48.4 Å². The summed E-state index contributed by atoms with van der Waals surface area (Å²) in [6.45, 7) is 2.05. The van der Waals surface area contributed by atoms with E-state index in [0.29, 0.717) is 0 Å². The first-order valence-corrected chi connectivity index (χ1v) is 4.09. The molecular weight excluding hydrogens is 257 g/mol. The van der Waals surface area contributed by atoms with E-state index >= 15 is 0 Å². The predicted molar refractivity (Wildman–Crippen MR) is 26.8 cm³/mol. The van der Waals surface area contributed by atoms with E-state index in [9.17, 15) is 0 Å². The van der Waals surface area contributed by atoms with Crippen molar-refractivity contribution in [1.82, 2.24) is 0 Å². The summed E-state index contributed by atoms with van der Waals surface area (Å²) in [4.78, 5) is 0. The van der Waals surface area contributed by atoms with Crippen LogP contribution >= 0.6 is 0 Å². The molecule has 0 aromatic rings. The molecule has 0 heterocycles. The summed E-state index contributed by atoms with van der Waals surface area (Å²) in [7, 11) is 0. The van der Waals surface area contributed by atoms with Gasteiger partial charge in [-0.15, -0.1) is 0 Å². The summed E-state index contributed by atoms with van der Waals surface area (Å²) in [6.07, 6.45) is 4.26. The second kappa shape index (κ2) is 4.64. The van der Waals surface area contributed by atoms with E-state index in [1.165, 1.54) is 29.1 Å². The van der Waals surface area contributed by atoms with Gasteiger partial charge in [0.15, 0.2) is 0 Å². The molecule has 0 fully saturated rings. The van der Waals surface area contributed by atoms with Crippen LogP contribution in [0.5, 0.6) is 0 Å². The Balaban J connectivity index is 2.62. The summed E-state index contributed by atoms with van der Waals surface area (Å²) in [5.41, 5.74) is 0. The fraction of sp³-hybridized carbons (Fsp3) is 0.500. The Morgan fingerprint density at radius 2 is 2.40 bits per heavy atom. The fourth-order valence-electron chi connectivity index (χ4n) is 0.105. The minimum absolute atomic E-state index is 1.27. The van der Waals surface area contributed by atoms with Crippen molar-refractivity contribution >= 4 is 25.1 Å². The van der Waals surface area contributed by atoms with Crippen LogP contribution in [0.3, 0.4) is 0 Å². The van der Waals surface area contributed by atoms with Crippen LogP contribution in [-0.2, 0) is 0 Å². The normalized spacial score (nSPS) is 10.0. The molecule has 0 nitrogen and oxygen atoms in total. The molecule has 0 saturated heterocycles. The van der Waals surface area contributed by atoms with Crippen LogP contribution in [0.4, 0.5) is 0 Å².